The Hall–Kier alpha value is -2.36. The van der Waals surface area contributed by atoms with Crippen LogP contribution in [0.4, 0.5) is 5.69 Å². The summed E-state index contributed by atoms with van der Waals surface area (Å²) in [6, 6.07) is 9.52. The van der Waals surface area contributed by atoms with Crippen LogP contribution >= 0.6 is 0 Å². The van der Waals surface area contributed by atoms with E-state index in [9.17, 15) is 0 Å². The van der Waals surface area contributed by atoms with Gasteiger partial charge >= 0.3 is 0 Å². The third-order valence-corrected chi connectivity index (χ3v) is 2.91. The predicted octanol–water partition coefficient (Wildman–Crippen LogP) is 3.09. The molecule has 0 radical (unpaired) electrons. The highest BCUT2D eigenvalue weighted by atomic mass is 16.3. The molecule has 2 N–H and O–H groups in total. The molecule has 0 aliphatic carbocycles. The van der Waals surface area contributed by atoms with Crippen molar-refractivity contribution in [1.29, 1.82) is 0 Å². The Morgan fingerprint density at radius 2 is 1.89 bits per heavy atom. The zero-order valence-corrected chi connectivity index (χ0v) is 10.3. The number of fused-ring (bicyclic) bond motifs is 1. The first-order valence-electron chi connectivity index (χ1n) is 5.75. The summed E-state index contributed by atoms with van der Waals surface area (Å²) in [6.07, 6.45) is 0. The molecule has 0 fully saturated rings. The molecule has 0 saturated carbocycles. The van der Waals surface area contributed by atoms with Gasteiger partial charge in [0, 0.05) is 11.4 Å². The van der Waals surface area contributed by atoms with Crippen LogP contribution in [-0.2, 0) is 0 Å². The maximum Gasteiger partial charge on any atom is 0.231 e. The molecule has 0 atom stereocenters. The zero-order chi connectivity index (χ0) is 12.7. The van der Waals surface area contributed by atoms with E-state index < -0.39 is 0 Å². The molecule has 0 bridgehead atoms. The molecule has 0 unspecified atom stereocenters. The molecule has 90 valence electrons. The van der Waals surface area contributed by atoms with Gasteiger partial charge in [0.1, 0.15) is 0 Å². The summed E-state index contributed by atoms with van der Waals surface area (Å²) in [5.41, 5.74) is 10.7. The van der Waals surface area contributed by atoms with Gasteiger partial charge in [-0.2, -0.15) is 4.98 Å². The van der Waals surface area contributed by atoms with Crippen molar-refractivity contribution in [3.63, 3.8) is 0 Å². The fourth-order valence-electron chi connectivity index (χ4n) is 2.00. The average Bonchev–Trinajstić information content (AvgIpc) is 2.71. The van der Waals surface area contributed by atoms with Crippen molar-refractivity contribution in [2.45, 2.75) is 13.8 Å². The van der Waals surface area contributed by atoms with Crippen molar-refractivity contribution in [3.8, 4) is 11.5 Å². The molecule has 3 aromatic rings. The molecule has 1 aromatic carbocycles. The number of pyridine rings is 1. The first kappa shape index (κ1) is 10.8. The Balaban J connectivity index is 2.26. The van der Waals surface area contributed by atoms with E-state index in [1.807, 2.05) is 44.2 Å². The van der Waals surface area contributed by atoms with E-state index in [2.05, 4.69) is 9.97 Å². The van der Waals surface area contributed by atoms with Crippen molar-refractivity contribution in [2.24, 2.45) is 0 Å². The van der Waals surface area contributed by atoms with Gasteiger partial charge in [0.05, 0.1) is 5.56 Å². The topological polar surface area (TPSA) is 64.9 Å². The molecule has 0 spiro atoms. The highest BCUT2D eigenvalue weighted by Crippen LogP contribution is 2.30. The van der Waals surface area contributed by atoms with Crippen molar-refractivity contribution >= 4 is 16.9 Å². The summed E-state index contributed by atoms with van der Waals surface area (Å²) in [6.45, 7) is 3.91. The monoisotopic (exact) mass is 239 g/mol. The molecule has 2 aromatic heterocycles. The number of rotatable bonds is 1. The van der Waals surface area contributed by atoms with Crippen LogP contribution in [0.3, 0.4) is 0 Å². The second kappa shape index (κ2) is 3.84. The molecule has 3 rings (SSSR count). The lowest BCUT2D eigenvalue weighted by Gasteiger charge is -2.04. The Morgan fingerprint density at radius 1 is 1.06 bits per heavy atom. The van der Waals surface area contributed by atoms with E-state index in [-0.39, 0.29) is 0 Å². The molecule has 0 aliphatic heterocycles. The summed E-state index contributed by atoms with van der Waals surface area (Å²) in [4.78, 5) is 8.74. The number of anilines is 1. The Bertz CT molecular complexity index is 711. The highest BCUT2D eigenvalue weighted by Gasteiger charge is 2.13. The van der Waals surface area contributed by atoms with E-state index in [1.165, 1.54) is 0 Å². The van der Waals surface area contributed by atoms with Crippen LogP contribution in [0.15, 0.2) is 34.7 Å². The van der Waals surface area contributed by atoms with Gasteiger partial charge in [0.15, 0.2) is 11.2 Å². The Morgan fingerprint density at radius 3 is 2.67 bits per heavy atom. The third-order valence-electron chi connectivity index (χ3n) is 2.91. The fraction of sp³-hybridized carbons (Fsp3) is 0.143. The standard InChI is InChI=1S/C14H13N3O/c1-8-4-3-5-10(15)12(8)14-17-13-11(18-14)7-6-9(2)16-13/h3-7H,15H2,1-2H3. The minimum atomic E-state index is 0.527. The van der Waals surface area contributed by atoms with Crippen LogP contribution in [0.25, 0.3) is 22.7 Å². The number of aryl methyl sites for hydroxylation is 2. The van der Waals surface area contributed by atoms with Crippen LogP contribution in [0.2, 0.25) is 0 Å². The van der Waals surface area contributed by atoms with E-state index in [0.717, 1.165) is 16.8 Å². The number of hydrogen-bond donors (Lipinski definition) is 1. The lowest BCUT2D eigenvalue weighted by atomic mass is 10.1. The largest absolute Gasteiger partial charge is 0.434 e. The zero-order valence-electron chi connectivity index (χ0n) is 10.3. The second-order valence-corrected chi connectivity index (χ2v) is 4.33. The minimum absolute atomic E-state index is 0.527. The van der Waals surface area contributed by atoms with Gasteiger partial charge in [-0.3, -0.25) is 0 Å². The second-order valence-electron chi connectivity index (χ2n) is 4.33. The molecule has 0 aliphatic rings. The lowest BCUT2D eigenvalue weighted by Crippen LogP contribution is -1.92. The van der Waals surface area contributed by atoms with Crippen LogP contribution in [-0.4, -0.2) is 9.97 Å². The molecular formula is C14H13N3O. The Kier molecular flexibility index (Phi) is 2.30. The quantitative estimate of drug-likeness (QED) is 0.663. The van der Waals surface area contributed by atoms with Crippen molar-refractivity contribution in [1.82, 2.24) is 9.97 Å². The summed E-state index contributed by atoms with van der Waals surface area (Å²) in [5.74, 6) is 0.527. The molecule has 18 heavy (non-hydrogen) atoms. The molecule has 4 nitrogen and oxygen atoms in total. The molecule has 4 heteroatoms. The van der Waals surface area contributed by atoms with Crippen molar-refractivity contribution < 1.29 is 4.42 Å². The Labute approximate surface area is 104 Å². The number of nitrogens with two attached hydrogens (primary N) is 1. The number of benzene rings is 1. The number of oxazole rings is 1. The van der Waals surface area contributed by atoms with Crippen LogP contribution in [0, 0.1) is 13.8 Å². The van der Waals surface area contributed by atoms with Crippen LogP contribution in [0.5, 0.6) is 0 Å². The number of nitrogen functional groups attached to an aromatic ring is 1. The minimum Gasteiger partial charge on any atom is -0.434 e. The fourth-order valence-corrected chi connectivity index (χ4v) is 2.00. The predicted molar refractivity (Wildman–Crippen MR) is 71.1 cm³/mol. The van der Waals surface area contributed by atoms with Gasteiger partial charge in [-0.05, 0) is 37.6 Å². The summed E-state index contributed by atoms with van der Waals surface area (Å²) < 4.78 is 5.72. The van der Waals surface area contributed by atoms with Gasteiger partial charge in [0.25, 0.3) is 0 Å². The molecule has 0 amide bonds. The van der Waals surface area contributed by atoms with E-state index >= 15 is 0 Å². The maximum absolute atomic E-state index is 5.98. The summed E-state index contributed by atoms with van der Waals surface area (Å²) >= 11 is 0. The average molecular weight is 239 g/mol. The third kappa shape index (κ3) is 1.62. The van der Waals surface area contributed by atoms with Gasteiger partial charge < -0.3 is 10.2 Å². The van der Waals surface area contributed by atoms with Gasteiger partial charge in [-0.1, -0.05) is 12.1 Å². The summed E-state index contributed by atoms with van der Waals surface area (Å²) in [5, 5.41) is 0. The van der Waals surface area contributed by atoms with E-state index in [0.29, 0.717) is 22.8 Å². The van der Waals surface area contributed by atoms with Gasteiger partial charge in [0.2, 0.25) is 5.89 Å². The normalized spacial score (nSPS) is 11.0. The van der Waals surface area contributed by atoms with E-state index in [4.69, 9.17) is 10.2 Å². The molecular weight excluding hydrogens is 226 g/mol. The first-order chi connectivity index (χ1) is 8.65. The number of aromatic nitrogens is 2. The smallest absolute Gasteiger partial charge is 0.231 e. The van der Waals surface area contributed by atoms with E-state index in [1.54, 1.807) is 0 Å². The maximum atomic E-state index is 5.98. The summed E-state index contributed by atoms with van der Waals surface area (Å²) in [7, 11) is 0. The van der Waals surface area contributed by atoms with Gasteiger partial charge in [-0.15, -0.1) is 0 Å². The SMILES string of the molecule is Cc1ccc2oc(-c3c(C)cccc3N)nc2n1. The highest BCUT2D eigenvalue weighted by molar-refractivity contribution is 5.79. The lowest BCUT2D eigenvalue weighted by molar-refractivity contribution is 0.619. The van der Waals surface area contributed by atoms with Crippen molar-refractivity contribution in [3.05, 3.63) is 41.6 Å². The van der Waals surface area contributed by atoms with Crippen LogP contribution < -0.4 is 5.73 Å². The first-order valence-corrected chi connectivity index (χ1v) is 5.75. The number of hydrogen-bond acceptors (Lipinski definition) is 4. The number of nitrogens with zero attached hydrogens (tertiary/aromatic N) is 2. The molecule has 2 heterocycles. The molecule has 0 saturated heterocycles. The van der Waals surface area contributed by atoms with Crippen LogP contribution in [0.1, 0.15) is 11.3 Å². The van der Waals surface area contributed by atoms with Gasteiger partial charge in [-0.25, -0.2) is 4.98 Å². The van der Waals surface area contributed by atoms with Crippen molar-refractivity contribution in [2.75, 3.05) is 5.73 Å².